The van der Waals surface area contributed by atoms with Crippen LogP contribution in [-0.2, 0) is 4.79 Å². The van der Waals surface area contributed by atoms with Gasteiger partial charge in [-0.15, -0.1) is 0 Å². The molecule has 1 aromatic rings. The van der Waals surface area contributed by atoms with Crippen LogP contribution in [0.4, 0.5) is 11.4 Å². The molecule has 1 unspecified atom stereocenters. The van der Waals surface area contributed by atoms with Gasteiger partial charge in [-0.05, 0) is 36.6 Å². The molecule has 0 saturated heterocycles. The third kappa shape index (κ3) is 4.33. The van der Waals surface area contributed by atoms with Crippen LogP contribution in [0.25, 0.3) is 0 Å². The van der Waals surface area contributed by atoms with Crippen LogP contribution in [0.2, 0.25) is 0 Å². The second-order valence-electron chi connectivity index (χ2n) is 4.55. The number of benzene rings is 1. The first-order valence-corrected chi connectivity index (χ1v) is 5.72. The van der Waals surface area contributed by atoms with E-state index in [2.05, 4.69) is 5.32 Å². The van der Waals surface area contributed by atoms with Crippen molar-refractivity contribution in [2.24, 2.45) is 11.7 Å². The van der Waals surface area contributed by atoms with Gasteiger partial charge >= 0.3 is 0 Å². The summed E-state index contributed by atoms with van der Waals surface area (Å²) in [6, 6.07) is 5.29. The summed E-state index contributed by atoms with van der Waals surface area (Å²) in [4.78, 5) is 11.7. The number of carbonyl (C=O) groups is 1. The van der Waals surface area contributed by atoms with Gasteiger partial charge in [0.15, 0.2) is 0 Å². The van der Waals surface area contributed by atoms with Gasteiger partial charge < -0.3 is 21.5 Å². The Labute approximate surface area is 106 Å². The maximum atomic E-state index is 11.7. The minimum Gasteiger partial charge on any atom is -0.733 e. The van der Waals surface area contributed by atoms with E-state index in [1.54, 1.807) is 0 Å². The van der Waals surface area contributed by atoms with Crippen LogP contribution in [0.15, 0.2) is 24.3 Å². The summed E-state index contributed by atoms with van der Waals surface area (Å²) in [7, 11) is 0. The van der Waals surface area contributed by atoms with E-state index >= 15 is 0 Å². The van der Waals surface area contributed by atoms with Crippen LogP contribution in [0.5, 0.6) is 0 Å². The second kappa shape index (κ2) is 6.34. The number of anilines is 2. The highest BCUT2D eigenvalue weighted by Gasteiger charge is 2.14. The number of amides is 1. The lowest BCUT2D eigenvalue weighted by Crippen LogP contribution is -2.36. The molecule has 0 saturated carbocycles. The van der Waals surface area contributed by atoms with E-state index in [1.165, 1.54) is 24.3 Å². The Hall–Kier alpha value is -1.63. The molecule has 0 aliphatic heterocycles. The highest BCUT2D eigenvalue weighted by atomic mass is 16.8. The molecule has 0 aliphatic carbocycles. The maximum Gasteiger partial charge on any atom is 0.241 e. The predicted molar refractivity (Wildman–Crippen MR) is 70.1 cm³/mol. The van der Waals surface area contributed by atoms with Crippen molar-refractivity contribution in [3.05, 3.63) is 29.5 Å². The van der Waals surface area contributed by atoms with Gasteiger partial charge in [-0.1, -0.05) is 13.8 Å². The normalized spacial score (nSPS) is 12.3. The molecule has 1 atom stereocenters. The number of hydrogen-bond acceptors (Lipinski definition) is 5. The first kappa shape index (κ1) is 14.4. The molecular formula is C12H18N3O3-. The molecule has 6 nitrogen and oxygen atoms in total. The molecule has 18 heavy (non-hydrogen) atoms. The summed E-state index contributed by atoms with van der Waals surface area (Å²) in [5, 5.41) is 21.6. The maximum absolute atomic E-state index is 11.7. The third-order valence-corrected chi connectivity index (χ3v) is 2.42. The monoisotopic (exact) mass is 252 g/mol. The van der Waals surface area contributed by atoms with Crippen molar-refractivity contribution in [2.75, 3.05) is 10.5 Å². The lowest BCUT2D eigenvalue weighted by molar-refractivity contribution is -0.117. The van der Waals surface area contributed by atoms with Crippen molar-refractivity contribution in [1.29, 1.82) is 0 Å². The molecule has 1 aromatic carbocycles. The first-order valence-electron chi connectivity index (χ1n) is 5.72. The molecule has 6 heteroatoms. The van der Waals surface area contributed by atoms with Crippen molar-refractivity contribution in [2.45, 2.75) is 26.3 Å². The summed E-state index contributed by atoms with van der Waals surface area (Å²) in [5.74, 6) is 0.0796. The topological polar surface area (TPSA) is 102 Å². The van der Waals surface area contributed by atoms with E-state index in [0.29, 0.717) is 18.0 Å². The molecule has 1 amide bonds. The van der Waals surface area contributed by atoms with Gasteiger partial charge in [0.1, 0.15) is 0 Å². The Morgan fingerprint density at radius 3 is 2.44 bits per heavy atom. The highest BCUT2D eigenvalue weighted by Crippen LogP contribution is 2.16. The standard InChI is InChI=1S/C12H18N3O3/c1-8(2)7-11(13)12(16)14-9-3-5-10(6-4-9)15(17)18/h3-6,8,11,17H,7,13H2,1-2H3,(H,14,16)/q-1. The Bertz CT molecular complexity index is 390. The van der Waals surface area contributed by atoms with Crippen LogP contribution in [0.1, 0.15) is 20.3 Å². The van der Waals surface area contributed by atoms with Crippen molar-refractivity contribution < 1.29 is 10.0 Å². The van der Waals surface area contributed by atoms with Crippen LogP contribution in [0.3, 0.4) is 0 Å². The van der Waals surface area contributed by atoms with Crippen molar-refractivity contribution in [3.8, 4) is 0 Å². The minimum atomic E-state index is -0.557. The SMILES string of the molecule is CC(C)CC(N)C(=O)Nc1ccc(N([O-])O)cc1. The van der Waals surface area contributed by atoms with E-state index < -0.39 is 6.04 Å². The number of nitrogens with two attached hydrogens (primary N) is 1. The summed E-state index contributed by atoms with van der Waals surface area (Å²) >= 11 is 0. The molecule has 4 N–H and O–H groups in total. The molecule has 0 heterocycles. The minimum absolute atomic E-state index is 0.0967. The van der Waals surface area contributed by atoms with Gasteiger partial charge in [0.25, 0.3) is 0 Å². The van der Waals surface area contributed by atoms with Crippen LogP contribution in [0, 0.1) is 11.1 Å². The van der Waals surface area contributed by atoms with Crippen LogP contribution in [-0.4, -0.2) is 17.2 Å². The number of rotatable bonds is 5. The van der Waals surface area contributed by atoms with Crippen molar-refractivity contribution in [1.82, 2.24) is 0 Å². The zero-order chi connectivity index (χ0) is 13.7. The van der Waals surface area contributed by atoms with E-state index in [9.17, 15) is 10.0 Å². The molecule has 1 rings (SSSR count). The van der Waals surface area contributed by atoms with Gasteiger partial charge in [0.05, 0.1) is 11.7 Å². The van der Waals surface area contributed by atoms with Gasteiger partial charge in [-0.3, -0.25) is 10.0 Å². The molecule has 0 bridgehead atoms. The highest BCUT2D eigenvalue weighted by molar-refractivity contribution is 5.94. The van der Waals surface area contributed by atoms with Gasteiger partial charge in [0, 0.05) is 5.69 Å². The second-order valence-corrected chi connectivity index (χ2v) is 4.55. The van der Waals surface area contributed by atoms with Crippen LogP contribution >= 0.6 is 0 Å². The van der Waals surface area contributed by atoms with E-state index in [4.69, 9.17) is 10.9 Å². The van der Waals surface area contributed by atoms with Crippen LogP contribution < -0.4 is 16.3 Å². The Balaban J connectivity index is 2.59. The number of nitrogens with zero attached hydrogens (tertiary/aromatic N) is 1. The fourth-order valence-electron chi connectivity index (χ4n) is 1.52. The summed E-state index contributed by atoms with van der Waals surface area (Å²) in [6.45, 7) is 3.98. The largest absolute Gasteiger partial charge is 0.733 e. The predicted octanol–water partition coefficient (Wildman–Crippen LogP) is 1.69. The van der Waals surface area contributed by atoms with E-state index in [1.807, 2.05) is 13.8 Å². The first-order chi connectivity index (χ1) is 8.40. The number of nitrogens with one attached hydrogen (secondary N) is 1. The number of hydrogen-bond donors (Lipinski definition) is 3. The zero-order valence-corrected chi connectivity index (χ0v) is 10.5. The average Bonchev–Trinajstić information content (AvgIpc) is 2.28. The molecule has 0 aliphatic rings. The van der Waals surface area contributed by atoms with E-state index in [0.717, 1.165) is 0 Å². The smallest absolute Gasteiger partial charge is 0.241 e. The molecule has 0 fully saturated rings. The lowest BCUT2D eigenvalue weighted by atomic mass is 10.0. The molecule has 0 spiro atoms. The Morgan fingerprint density at radius 1 is 1.44 bits per heavy atom. The lowest BCUT2D eigenvalue weighted by Gasteiger charge is -2.21. The Morgan fingerprint density at radius 2 is 2.00 bits per heavy atom. The quantitative estimate of drug-likeness (QED) is 0.692. The molecule has 0 radical (unpaired) electrons. The van der Waals surface area contributed by atoms with Gasteiger partial charge in [-0.25, -0.2) is 0 Å². The average molecular weight is 252 g/mol. The Kier molecular flexibility index (Phi) is 5.08. The third-order valence-electron chi connectivity index (χ3n) is 2.42. The van der Waals surface area contributed by atoms with Gasteiger partial charge in [0.2, 0.25) is 5.91 Å². The van der Waals surface area contributed by atoms with E-state index in [-0.39, 0.29) is 16.8 Å². The molecular weight excluding hydrogens is 234 g/mol. The molecule has 100 valence electrons. The fourth-order valence-corrected chi connectivity index (χ4v) is 1.52. The zero-order valence-electron chi connectivity index (χ0n) is 10.5. The summed E-state index contributed by atoms with van der Waals surface area (Å²) < 4.78 is 0. The summed E-state index contributed by atoms with van der Waals surface area (Å²) in [6.07, 6.45) is 0.606. The van der Waals surface area contributed by atoms with Gasteiger partial charge in [-0.2, -0.15) is 0 Å². The molecule has 0 aromatic heterocycles. The van der Waals surface area contributed by atoms with Crippen molar-refractivity contribution in [3.63, 3.8) is 0 Å². The summed E-state index contributed by atoms with van der Waals surface area (Å²) in [5.41, 5.74) is 6.36. The van der Waals surface area contributed by atoms with Crippen molar-refractivity contribution >= 4 is 17.3 Å². The number of carbonyl (C=O) groups excluding carboxylic acids is 1. The fraction of sp³-hybridized carbons (Fsp3) is 0.417.